The molecule has 1 heterocycles. The van der Waals surface area contributed by atoms with Crippen LogP contribution < -0.4 is 5.32 Å². The van der Waals surface area contributed by atoms with Crippen LogP contribution >= 0.6 is 11.3 Å². The van der Waals surface area contributed by atoms with Gasteiger partial charge in [0, 0.05) is 17.5 Å². The number of hydrogen-bond donors (Lipinski definition) is 1. The molecule has 0 bridgehead atoms. The quantitative estimate of drug-likeness (QED) is 0.731. The fraction of sp³-hybridized carbons (Fsp3) is 0.238. The topological polar surface area (TPSA) is 42.0 Å². The summed E-state index contributed by atoms with van der Waals surface area (Å²) in [5, 5.41) is 6.12. The molecule has 0 aliphatic rings. The molecule has 1 amide bonds. The maximum absolute atomic E-state index is 12.2. The first kappa shape index (κ1) is 17.4. The normalized spacial score (nSPS) is 10.7. The third kappa shape index (κ3) is 4.54. The third-order valence-corrected chi connectivity index (χ3v) is 4.98. The van der Waals surface area contributed by atoms with Crippen LogP contribution in [-0.4, -0.2) is 10.9 Å². The minimum Gasteiger partial charge on any atom is -0.352 e. The summed E-state index contributed by atoms with van der Waals surface area (Å²) in [6.07, 6.45) is 0.390. The fourth-order valence-electron chi connectivity index (χ4n) is 2.78. The highest BCUT2D eigenvalue weighted by molar-refractivity contribution is 7.09. The Hall–Kier alpha value is -2.46. The van der Waals surface area contributed by atoms with Crippen molar-refractivity contribution >= 4 is 17.2 Å². The van der Waals surface area contributed by atoms with Crippen molar-refractivity contribution in [3.05, 3.63) is 75.1 Å². The monoisotopic (exact) mass is 350 g/mol. The minimum atomic E-state index is 0.0391. The zero-order valence-corrected chi connectivity index (χ0v) is 15.6. The lowest BCUT2D eigenvalue weighted by Crippen LogP contribution is -2.24. The fourth-order valence-corrected chi connectivity index (χ4v) is 3.40. The average molecular weight is 350 g/mol. The maximum atomic E-state index is 12.2. The number of hydrogen-bond acceptors (Lipinski definition) is 3. The van der Waals surface area contributed by atoms with Gasteiger partial charge in [0.1, 0.15) is 0 Å². The summed E-state index contributed by atoms with van der Waals surface area (Å²) >= 11 is 1.65. The Bertz CT molecular complexity index is 881. The first-order valence-electron chi connectivity index (χ1n) is 8.35. The molecule has 3 nitrogen and oxygen atoms in total. The lowest BCUT2D eigenvalue weighted by molar-refractivity contribution is -0.120. The van der Waals surface area contributed by atoms with Crippen LogP contribution in [0.2, 0.25) is 0 Å². The average Bonchev–Trinajstić information content (AvgIpc) is 3.01. The van der Waals surface area contributed by atoms with E-state index in [1.54, 1.807) is 11.3 Å². The van der Waals surface area contributed by atoms with Crippen molar-refractivity contribution in [2.45, 2.75) is 33.7 Å². The van der Waals surface area contributed by atoms with Crippen molar-refractivity contribution in [1.82, 2.24) is 10.3 Å². The van der Waals surface area contributed by atoms with Gasteiger partial charge < -0.3 is 5.32 Å². The summed E-state index contributed by atoms with van der Waals surface area (Å²) in [5.74, 6) is 0.0391. The van der Waals surface area contributed by atoms with Crippen LogP contribution in [0, 0.1) is 20.8 Å². The summed E-state index contributed by atoms with van der Waals surface area (Å²) in [6.45, 7) is 6.73. The number of amides is 1. The van der Waals surface area contributed by atoms with Gasteiger partial charge in [-0.2, -0.15) is 0 Å². The molecule has 25 heavy (non-hydrogen) atoms. The van der Waals surface area contributed by atoms with E-state index < -0.39 is 0 Å². The van der Waals surface area contributed by atoms with Crippen molar-refractivity contribution < 1.29 is 4.79 Å². The summed E-state index contributed by atoms with van der Waals surface area (Å²) in [7, 11) is 0. The molecule has 3 rings (SSSR count). The molecule has 0 saturated carbocycles. The smallest absolute Gasteiger partial charge is 0.224 e. The van der Waals surface area contributed by atoms with Gasteiger partial charge in [0.15, 0.2) is 0 Å². The van der Waals surface area contributed by atoms with E-state index in [2.05, 4.69) is 47.7 Å². The first-order valence-corrected chi connectivity index (χ1v) is 9.23. The second-order valence-corrected chi connectivity index (χ2v) is 7.39. The number of aromatic nitrogens is 1. The number of carbonyl (C=O) groups excluding carboxylic acids is 1. The number of aryl methyl sites for hydroxylation is 3. The molecule has 128 valence electrons. The van der Waals surface area contributed by atoms with Crippen LogP contribution in [0.15, 0.2) is 47.8 Å². The summed E-state index contributed by atoms with van der Waals surface area (Å²) in [5.41, 5.74) is 6.70. The molecule has 0 spiro atoms. The molecule has 0 unspecified atom stereocenters. The lowest BCUT2D eigenvalue weighted by atomic mass is 10.1. The van der Waals surface area contributed by atoms with Crippen molar-refractivity contribution in [3.63, 3.8) is 0 Å². The van der Waals surface area contributed by atoms with Crippen LogP contribution in [0.4, 0.5) is 0 Å². The second kappa shape index (κ2) is 7.62. The van der Waals surface area contributed by atoms with E-state index in [-0.39, 0.29) is 5.91 Å². The van der Waals surface area contributed by atoms with E-state index in [0.29, 0.717) is 13.0 Å². The predicted molar refractivity (Wildman–Crippen MR) is 104 cm³/mol. The van der Waals surface area contributed by atoms with Crippen molar-refractivity contribution in [3.8, 4) is 11.3 Å². The molecule has 0 atom stereocenters. The van der Waals surface area contributed by atoms with E-state index in [1.807, 2.05) is 31.2 Å². The molecule has 0 radical (unpaired) electrons. The zero-order valence-electron chi connectivity index (χ0n) is 14.8. The molecule has 0 aliphatic heterocycles. The Labute approximate surface area is 152 Å². The van der Waals surface area contributed by atoms with Crippen molar-refractivity contribution in [1.29, 1.82) is 0 Å². The number of rotatable bonds is 5. The standard InChI is InChI=1S/C21H22N2OS/c1-14-4-7-19(15(2)10-14)12-22-21(24)11-17-5-8-18(9-6-17)20-13-25-16(3)23-20/h4-10,13H,11-12H2,1-3H3,(H,22,24). The Morgan fingerprint density at radius 3 is 2.48 bits per heavy atom. The molecule has 2 aromatic carbocycles. The molecule has 1 N–H and O–H groups in total. The largest absolute Gasteiger partial charge is 0.352 e. The van der Waals surface area contributed by atoms with E-state index in [9.17, 15) is 4.79 Å². The van der Waals surface area contributed by atoms with Gasteiger partial charge in [-0.15, -0.1) is 11.3 Å². The molecule has 1 aromatic heterocycles. The highest BCUT2D eigenvalue weighted by atomic mass is 32.1. The minimum absolute atomic E-state index is 0.0391. The molecule has 0 fully saturated rings. The zero-order chi connectivity index (χ0) is 17.8. The Morgan fingerprint density at radius 1 is 1.08 bits per heavy atom. The van der Waals surface area contributed by atoms with E-state index >= 15 is 0 Å². The molecular formula is C21H22N2OS. The molecule has 0 aliphatic carbocycles. The van der Waals surface area contributed by atoms with Gasteiger partial charge in [-0.05, 0) is 37.5 Å². The van der Waals surface area contributed by atoms with Crippen LogP contribution in [0.3, 0.4) is 0 Å². The number of nitrogens with zero attached hydrogens (tertiary/aromatic N) is 1. The second-order valence-electron chi connectivity index (χ2n) is 6.33. The van der Waals surface area contributed by atoms with Gasteiger partial charge in [-0.25, -0.2) is 4.98 Å². The van der Waals surface area contributed by atoms with Gasteiger partial charge in [-0.1, -0.05) is 48.0 Å². The van der Waals surface area contributed by atoms with Gasteiger partial charge in [0.05, 0.1) is 17.1 Å². The number of benzene rings is 2. The number of carbonyl (C=O) groups is 1. The summed E-state index contributed by atoms with van der Waals surface area (Å²) in [4.78, 5) is 16.7. The van der Waals surface area contributed by atoms with Crippen LogP contribution in [0.1, 0.15) is 27.3 Å². The van der Waals surface area contributed by atoms with E-state index in [0.717, 1.165) is 27.4 Å². The Balaban J connectivity index is 1.57. The van der Waals surface area contributed by atoms with Gasteiger partial charge in [0.25, 0.3) is 0 Å². The van der Waals surface area contributed by atoms with Crippen LogP contribution in [0.5, 0.6) is 0 Å². The van der Waals surface area contributed by atoms with Crippen molar-refractivity contribution in [2.24, 2.45) is 0 Å². The van der Waals surface area contributed by atoms with Gasteiger partial charge in [0.2, 0.25) is 5.91 Å². The molecular weight excluding hydrogens is 328 g/mol. The molecule has 0 saturated heterocycles. The summed E-state index contributed by atoms with van der Waals surface area (Å²) < 4.78 is 0. The maximum Gasteiger partial charge on any atom is 0.224 e. The third-order valence-electron chi connectivity index (χ3n) is 4.21. The first-order chi connectivity index (χ1) is 12.0. The van der Waals surface area contributed by atoms with Crippen LogP contribution in [-0.2, 0) is 17.8 Å². The number of thiazole rings is 1. The predicted octanol–water partition coefficient (Wildman–Crippen LogP) is 4.59. The van der Waals surface area contributed by atoms with Crippen LogP contribution in [0.25, 0.3) is 11.3 Å². The van der Waals surface area contributed by atoms with E-state index in [1.165, 1.54) is 11.1 Å². The van der Waals surface area contributed by atoms with Crippen molar-refractivity contribution in [2.75, 3.05) is 0 Å². The lowest BCUT2D eigenvalue weighted by Gasteiger charge is -2.09. The van der Waals surface area contributed by atoms with Gasteiger partial charge in [-0.3, -0.25) is 4.79 Å². The molecule has 4 heteroatoms. The highest BCUT2D eigenvalue weighted by Crippen LogP contribution is 2.22. The Kier molecular flexibility index (Phi) is 5.29. The molecule has 3 aromatic rings. The Morgan fingerprint density at radius 2 is 1.84 bits per heavy atom. The highest BCUT2D eigenvalue weighted by Gasteiger charge is 2.06. The summed E-state index contributed by atoms with van der Waals surface area (Å²) in [6, 6.07) is 14.4. The van der Waals surface area contributed by atoms with Gasteiger partial charge >= 0.3 is 0 Å². The van der Waals surface area contributed by atoms with E-state index in [4.69, 9.17) is 0 Å². The SMILES string of the molecule is Cc1ccc(CNC(=O)Cc2ccc(-c3csc(C)n3)cc2)c(C)c1. The number of nitrogens with one attached hydrogen (secondary N) is 1.